The molecule has 0 aliphatic rings. The van der Waals surface area contributed by atoms with E-state index in [2.05, 4.69) is 20.9 Å². The number of guanidine groups is 1. The molecule has 0 bridgehead atoms. The summed E-state index contributed by atoms with van der Waals surface area (Å²) in [5.41, 5.74) is 18.3. The molecule has 41 heavy (non-hydrogen) atoms. The number of phenols is 1. The normalized spacial score (nSPS) is 12.8. The Morgan fingerprint density at radius 1 is 0.902 bits per heavy atom. The number of carbonyl (C=O) groups excluding carboxylic acids is 4. The van der Waals surface area contributed by atoms with Crippen LogP contribution in [0, 0.1) is 0 Å². The van der Waals surface area contributed by atoms with E-state index >= 15 is 0 Å². The van der Waals surface area contributed by atoms with Crippen LogP contribution in [0.1, 0.15) is 30.4 Å². The Balaban J connectivity index is 2.18. The highest BCUT2D eigenvalue weighted by Crippen LogP contribution is 2.12. The van der Waals surface area contributed by atoms with Crippen molar-refractivity contribution in [2.24, 2.45) is 22.2 Å². The molecule has 222 valence electrons. The van der Waals surface area contributed by atoms with Crippen LogP contribution in [0.15, 0.2) is 59.6 Å². The molecule has 0 heterocycles. The van der Waals surface area contributed by atoms with Gasteiger partial charge in [-0.05, 0) is 49.6 Å². The highest BCUT2D eigenvalue weighted by molar-refractivity contribution is 5.94. The molecule has 0 saturated heterocycles. The van der Waals surface area contributed by atoms with Crippen LogP contribution in [0.5, 0.6) is 5.75 Å². The SMILES string of the molecule is CNCCC(=O)OC(=O)[C@H](Cc1ccccc1)NC(=O)[C@@H](CCCN=C(N)N)NC(=O)[C@@H](N)Cc1ccc(O)cc1. The molecule has 13 heteroatoms. The third kappa shape index (κ3) is 12.5. The van der Waals surface area contributed by atoms with Crippen molar-refractivity contribution in [2.45, 2.75) is 50.2 Å². The predicted molar refractivity (Wildman–Crippen MR) is 153 cm³/mol. The molecule has 10 N–H and O–H groups in total. The van der Waals surface area contributed by atoms with Gasteiger partial charge in [0.1, 0.15) is 17.8 Å². The first-order valence-corrected chi connectivity index (χ1v) is 13.2. The van der Waals surface area contributed by atoms with E-state index < -0.39 is 41.9 Å². The van der Waals surface area contributed by atoms with Crippen LogP contribution in [0.2, 0.25) is 0 Å². The number of aliphatic imine (C=N–C) groups is 1. The van der Waals surface area contributed by atoms with Crippen molar-refractivity contribution in [3.8, 4) is 5.75 Å². The number of amides is 2. The third-order valence-electron chi connectivity index (χ3n) is 5.98. The number of aromatic hydroxyl groups is 1. The van der Waals surface area contributed by atoms with E-state index in [4.69, 9.17) is 21.9 Å². The summed E-state index contributed by atoms with van der Waals surface area (Å²) < 4.78 is 4.98. The van der Waals surface area contributed by atoms with E-state index in [1.807, 2.05) is 0 Å². The number of carbonyl (C=O) groups is 4. The zero-order chi connectivity index (χ0) is 30.2. The molecule has 2 amide bonds. The fourth-order valence-electron chi connectivity index (χ4n) is 3.81. The molecular formula is C28H39N7O6. The molecular weight excluding hydrogens is 530 g/mol. The van der Waals surface area contributed by atoms with Crippen molar-refractivity contribution in [3.05, 3.63) is 65.7 Å². The second-order valence-corrected chi connectivity index (χ2v) is 9.38. The summed E-state index contributed by atoms with van der Waals surface area (Å²) in [6.07, 6.45) is 0.650. The van der Waals surface area contributed by atoms with Gasteiger partial charge in [-0.2, -0.15) is 0 Å². The van der Waals surface area contributed by atoms with Crippen LogP contribution in [-0.2, 0) is 36.8 Å². The minimum atomic E-state index is -1.20. The van der Waals surface area contributed by atoms with E-state index in [9.17, 15) is 24.3 Å². The molecule has 0 spiro atoms. The molecule has 0 aliphatic heterocycles. The van der Waals surface area contributed by atoms with E-state index in [0.29, 0.717) is 18.5 Å². The quantitative estimate of drug-likeness (QED) is 0.0438. The number of hydrogen-bond acceptors (Lipinski definition) is 9. The largest absolute Gasteiger partial charge is 0.508 e. The van der Waals surface area contributed by atoms with E-state index in [0.717, 1.165) is 5.56 Å². The molecule has 13 nitrogen and oxygen atoms in total. The van der Waals surface area contributed by atoms with Crippen molar-refractivity contribution >= 4 is 29.7 Å². The fraction of sp³-hybridized carbons (Fsp3) is 0.393. The van der Waals surface area contributed by atoms with Crippen molar-refractivity contribution in [1.29, 1.82) is 0 Å². The first-order valence-electron chi connectivity index (χ1n) is 13.2. The first-order chi connectivity index (χ1) is 19.6. The van der Waals surface area contributed by atoms with Gasteiger partial charge >= 0.3 is 11.9 Å². The molecule has 3 atom stereocenters. The van der Waals surface area contributed by atoms with Gasteiger partial charge in [0.15, 0.2) is 5.96 Å². The van der Waals surface area contributed by atoms with Gasteiger partial charge in [-0.25, -0.2) is 4.79 Å². The molecule has 0 unspecified atom stereocenters. The summed E-state index contributed by atoms with van der Waals surface area (Å²) in [6, 6.07) is 11.9. The van der Waals surface area contributed by atoms with Gasteiger partial charge < -0.3 is 43.0 Å². The molecule has 0 radical (unpaired) electrons. The number of rotatable bonds is 16. The Morgan fingerprint density at radius 3 is 2.17 bits per heavy atom. The topological polar surface area (TPSA) is 224 Å². The summed E-state index contributed by atoms with van der Waals surface area (Å²) in [5.74, 6) is -2.95. The number of esters is 2. The average molecular weight is 570 g/mol. The second-order valence-electron chi connectivity index (χ2n) is 9.38. The number of nitrogens with zero attached hydrogens (tertiary/aromatic N) is 1. The first kappa shape index (κ1) is 32.7. The maximum atomic E-state index is 13.4. The van der Waals surface area contributed by atoms with Crippen LogP contribution < -0.4 is 33.2 Å². The Morgan fingerprint density at radius 2 is 1.54 bits per heavy atom. The summed E-state index contributed by atoms with van der Waals surface area (Å²) >= 11 is 0. The minimum absolute atomic E-state index is 0.0311. The maximum Gasteiger partial charge on any atom is 0.336 e. The van der Waals surface area contributed by atoms with Gasteiger partial charge in [-0.15, -0.1) is 0 Å². The van der Waals surface area contributed by atoms with Gasteiger partial charge in [0, 0.05) is 19.5 Å². The van der Waals surface area contributed by atoms with E-state index in [-0.39, 0.29) is 43.9 Å². The summed E-state index contributed by atoms with van der Waals surface area (Å²) in [4.78, 5) is 55.3. The number of benzene rings is 2. The highest BCUT2D eigenvalue weighted by Gasteiger charge is 2.30. The number of phenolic OH excluding ortho intramolecular Hbond substituents is 1. The minimum Gasteiger partial charge on any atom is -0.508 e. The zero-order valence-corrected chi connectivity index (χ0v) is 23.0. The molecule has 0 aliphatic carbocycles. The summed E-state index contributed by atoms with van der Waals surface area (Å²) in [6.45, 7) is 0.521. The van der Waals surface area contributed by atoms with Crippen LogP contribution in [0.3, 0.4) is 0 Å². The fourth-order valence-corrected chi connectivity index (χ4v) is 3.81. The standard InChI is InChI=1S/C28H39N7O6/c1-32-15-13-24(37)41-27(40)23(17-18-6-3-2-4-7-18)35-26(39)22(8-5-14-33-28(30)31)34-25(38)21(29)16-19-9-11-20(36)12-10-19/h2-4,6-7,9-12,21-23,32,36H,5,8,13-17,29H2,1H3,(H,34,38)(H,35,39)(H4,30,31,33)/t21-,22+,23-/m0/s1. The molecule has 0 aromatic heterocycles. The third-order valence-corrected chi connectivity index (χ3v) is 5.98. The number of hydrogen-bond donors (Lipinski definition) is 7. The number of nitrogens with two attached hydrogens (primary N) is 3. The van der Waals surface area contributed by atoms with Crippen LogP contribution in [0.4, 0.5) is 0 Å². The van der Waals surface area contributed by atoms with Gasteiger partial charge in [0.25, 0.3) is 0 Å². The molecule has 2 rings (SSSR count). The smallest absolute Gasteiger partial charge is 0.336 e. The van der Waals surface area contributed by atoms with Crippen LogP contribution in [-0.4, -0.2) is 73.1 Å². The van der Waals surface area contributed by atoms with Crippen molar-refractivity contribution in [3.63, 3.8) is 0 Å². The lowest BCUT2D eigenvalue weighted by Gasteiger charge is -2.24. The second kappa shape index (κ2) is 17.3. The van der Waals surface area contributed by atoms with Crippen molar-refractivity contribution < 1.29 is 29.0 Å². The lowest BCUT2D eigenvalue weighted by Crippen LogP contribution is -2.55. The van der Waals surface area contributed by atoms with Crippen molar-refractivity contribution in [2.75, 3.05) is 20.1 Å². The van der Waals surface area contributed by atoms with Gasteiger partial charge in [0.05, 0.1) is 12.5 Å². The monoisotopic (exact) mass is 569 g/mol. The summed E-state index contributed by atoms with van der Waals surface area (Å²) in [5, 5.41) is 17.5. The Hall–Kier alpha value is -4.49. The predicted octanol–water partition coefficient (Wildman–Crippen LogP) is -0.793. The zero-order valence-electron chi connectivity index (χ0n) is 23.0. The van der Waals surface area contributed by atoms with Crippen molar-refractivity contribution in [1.82, 2.24) is 16.0 Å². The lowest BCUT2D eigenvalue weighted by atomic mass is 10.0. The molecule has 2 aromatic rings. The Kier molecular flexibility index (Phi) is 13.8. The van der Waals surface area contributed by atoms with Crippen LogP contribution >= 0.6 is 0 Å². The highest BCUT2D eigenvalue weighted by atomic mass is 16.6. The van der Waals surface area contributed by atoms with Gasteiger partial charge in [0.2, 0.25) is 11.8 Å². The van der Waals surface area contributed by atoms with E-state index in [1.54, 1.807) is 49.5 Å². The van der Waals surface area contributed by atoms with Crippen LogP contribution in [0.25, 0.3) is 0 Å². The van der Waals surface area contributed by atoms with Gasteiger partial charge in [-0.3, -0.25) is 19.4 Å². The Bertz CT molecular complexity index is 1170. The maximum absolute atomic E-state index is 13.4. The lowest BCUT2D eigenvalue weighted by molar-refractivity contribution is -0.161. The molecule has 0 fully saturated rings. The Labute approximate surface area is 238 Å². The molecule has 0 saturated carbocycles. The molecule has 2 aromatic carbocycles. The van der Waals surface area contributed by atoms with Gasteiger partial charge in [-0.1, -0.05) is 42.5 Å². The van der Waals surface area contributed by atoms with E-state index in [1.165, 1.54) is 12.1 Å². The number of ether oxygens (including phenoxy) is 1. The average Bonchev–Trinajstić information content (AvgIpc) is 2.94. The summed E-state index contributed by atoms with van der Waals surface area (Å²) in [7, 11) is 1.66. The number of nitrogens with one attached hydrogen (secondary N) is 3.